The molecule has 0 radical (unpaired) electrons. The molecule has 52 heavy (non-hydrogen) atoms. The monoisotopic (exact) mass is 690 g/mol. The van der Waals surface area contributed by atoms with Crippen LogP contribution in [0.2, 0.25) is 0 Å². The Bertz CT molecular complexity index is 1680. The zero-order valence-electron chi connectivity index (χ0n) is 31.6. The van der Waals surface area contributed by atoms with E-state index in [9.17, 15) is 0 Å². The lowest BCUT2D eigenvalue weighted by molar-refractivity contribution is 0.142. The minimum Gasteiger partial charge on any atom is -0.344 e. The number of nitrogens with zero attached hydrogens (tertiary/aromatic N) is 2. The summed E-state index contributed by atoms with van der Waals surface area (Å²) < 4.78 is 0. The minimum atomic E-state index is 0.157. The third-order valence-electron chi connectivity index (χ3n) is 13.0. The van der Waals surface area contributed by atoms with E-state index in [0.29, 0.717) is 29.6 Å². The van der Waals surface area contributed by atoms with Crippen LogP contribution in [0, 0.1) is 35.5 Å². The second-order valence-electron chi connectivity index (χ2n) is 16.2. The molecule has 7 rings (SSSR count). The lowest BCUT2D eigenvalue weighted by Gasteiger charge is -2.48. The fraction of sp³-hybridized carbons (Fsp3) is 0.440. The maximum Gasteiger partial charge on any atom is 0.0619 e. The Morgan fingerprint density at radius 2 is 1.56 bits per heavy atom. The van der Waals surface area contributed by atoms with Gasteiger partial charge in [-0.25, -0.2) is 0 Å². The molecule has 272 valence electrons. The second kappa shape index (κ2) is 17.2. The van der Waals surface area contributed by atoms with Crippen LogP contribution in [0.25, 0.3) is 0 Å². The van der Waals surface area contributed by atoms with Crippen molar-refractivity contribution >= 4 is 0 Å². The first kappa shape index (κ1) is 36.3. The summed E-state index contributed by atoms with van der Waals surface area (Å²) in [6.07, 6.45) is 58.7. The molecule has 0 aliphatic heterocycles. The van der Waals surface area contributed by atoms with Gasteiger partial charge in [-0.3, -0.25) is 0 Å². The van der Waals surface area contributed by atoms with Gasteiger partial charge in [0, 0.05) is 23.3 Å². The van der Waals surface area contributed by atoms with Crippen molar-refractivity contribution < 1.29 is 0 Å². The Kier molecular flexibility index (Phi) is 12.0. The number of fused-ring (bicyclic) bond motifs is 2. The van der Waals surface area contributed by atoms with E-state index < -0.39 is 0 Å². The summed E-state index contributed by atoms with van der Waals surface area (Å²) in [5, 5.41) is 0. The van der Waals surface area contributed by atoms with Crippen LogP contribution in [0.4, 0.5) is 0 Å². The van der Waals surface area contributed by atoms with Gasteiger partial charge >= 0.3 is 0 Å². The van der Waals surface area contributed by atoms with E-state index in [0.717, 1.165) is 50.9 Å². The van der Waals surface area contributed by atoms with E-state index in [2.05, 4.69) is 140 Å². The van der Waals surface area contributed by atoms with Crippen molar-refractivity contribution in [1.29, 1.82) is 0 Å². The standard InChI is InChI=1S/C50H62N2/c1-5-9-10-11-33-51(49-36-39-19-12-17-37(34-39)23-24-38-18-13-21-42(49)35-38)44-27-29-45(30-28-44)52(43(8-4)16-7-3)48-32-31-46-40(15-6-2)25-26-41-20-14-22-47(48)50(41)46/h5-8,11-14,19,21-22,27,29,31-35,37-38,40-41,43,46,49-50H,1-4,9-10,15-18,20,23-26,28,30,36H2/b33-11+. The lowest BCUT2D eigenvalue weighted by atomic mass is 9.59. The summed E-state index contributed by atoms with van der Waals surface area (Å²) in [6.45, 7) is 16.7. The maximum atomic E-state index is 4.37. The topological polar surface area (TPSA) is 6.48 Å². The van der Waals surface area contributed by atoms with Crippen LogP contribution < -0.4 is 0 Å². The van der Waals surface area contributed by atoms with Gasteiger partial charge in [0.05, 0.1) is 12.1 Å². The molecule has 0 aromatic rings. The van der Waals surface area contributed by atoms with Crippen LogP contribution in [0.3, 0.4) is 0 Å². The molecule has 0 saturated heterocycles. The number of hydrogen-bond acceptors (Lipinski definition) is 2. The highest BCUT2D eigenvalue weighted by atomic mass is 15.2. The van der Waals surface area contributed by atoms with Crippen molar-refractivity contribution in [2.75, 3.05) is 0 Å². The Morgan fingerprint density at radius 1 is 0.769 bits per heavy atom. The molecule has 0 amide bonds. The lowest BCUT2D eigenvalue weighted by Crippen LogP contribution is -2.41. The molecule has 0 aromatic carbocycles. The van der Waals surface area contributed by atoms with E-state index in [4.69, 9.17) is 0 Å². The molecule has 2 heteroatoms. The van der Waals surface area contributed by atoms with Crippen LogP contribution in [-0.2, 0) is 0 Å². The van der Waals surface area contributed by atoms with Gasteiger partial charge in [-0.05, 0) is 160 Å². The number of rotatable bonds is 14. The number of hydrogen-bond donors (Lipinski definition) is 0. The van der Waals surface area contributed by atoms with E-state index in [1.165, 1.54) is 78.8 Å². The maximum absolute atomic E-state index is 4.37. The molecule has 0 N–H and O–H groups in total. The Labute approximate surface area is 315 Å². The van der Waals surface area contributed by atoms with Crippen LogP contribution in [0.5, 0.6) is 0 Å². The van der Waals surface area contributed by atoms with Crippen molar-refractivity contribution in [3.05, 3.63) is 170 Å². The fourth-order valence-electron chi connectivity index (χ4n) is 10.4. The highest BCUT2D eigenvalue weighted by Crippen LogP contribution is 2.52. The molecular formula is C50H62N2. The summed E-state index contributed by atoms with van der Waals surface area (Å²) in [7, 11) is 0. The molecule has 2 nitrogen and oxygen atoms in total. The first-order chi connectivity index (χ1) is 25.6. The molecule has 8 atom stereocenters. The average Bonchev–Trinajstić information content (AvgIpc) is 3.18. The average molecular weight is 691 g/mol. The quantitative estimate of drug-likeness (QED) is 0.132. The number of unbranched alkanes of at least 4 members (excludes halogenated alkanes) is 1. The Hall–Kier alpha value is -4.04. The fourth-order valence-corrected chi connectivity index (χ4v) is 10.4. The van der Waals surface area contributed by atoms with Crippen molar-refractivity contribution in [2.45, 2.75) is 102 Å². The van der Waals surface area contributed by atoms with Crippen LogP contribution in [0.15, 0.2) is 170 Å². The third kappa shape index (κ3) is 7.83. The summed E-state index contributed by atoms with van der Waals surface area (Å²) in [5.74, 6) is 3.92. The highest BCUT2D eigenvalue weighted by Gasteiger charge is 2.43. The zero-order valence-corrected chi connectivity index (χ0v) is 31.6. The summed E-state index contributed by atoms with van der Waals surface area (Å²) in [6, 6.07) is 0.428. The van der Waals surface area contributed by atoms with Crippen molar-refractivity contribution in [1.82, 2.24) is 9.80 Å². The zero-order chi connectivity index (χ0) is 35.9. The molecular weight excluding hydrogens is 629 g/mol. The Morgan fingerprint density at radius 3 is 2.33 bits per heavy atom. The molecule has 7 aliphatic carbocycles. The van der Waals surface area contributed by atoms with Gasteiger partial charge in [0.1, 0.15) is 0 Å². The first-order valence-corrected chi connectivity index (χ1v) is 20.5. The third-order valence-corrected chi connectivity index (χ3v) is 13.0. The molecule has 1 fully saturated rings. The van der Waals surface area contributed by atoms with Crippen LogP contribution in [0.1, 0.15) is 89.9 Å². The molecule has 0 spiro atoms. The van der Waals surface area contributed by atoms with Crippen molar-refractivity contribution in [3.63, 3.8) is 0 Å². The minimum absolute atomic E-state index is 0.157. The van der Waals surface area contributed by atoms with Gasteiger partial charge in [0.25, 0.3) is 0 Å². The molecule has 0 aromatic heterocycles. The highest BCUT2D eigenvalue weighted by molar-refractivity contribution is 5.46. The van der Waals surface area contributed by atoms with Gasteiger partial charge < -0.3 is 9.80 Å². The smallest absolute Gasteiger partial charge is 0.0619 e. The normalized spacial score (nSPS) is 31.0. The predicted molar refractivity (Wildman–Crippen MR) is 223 cm³/mol. The summed E-state index contributed by atoms with van der Waals surface area (Å²) in [4.78, 5) is 5.27. The van der Waals surface area contributed by atoms with Crippen molar-refractivity contribution in [2.24, 2.45) is 35.5 Å². The predicted octanol–water partition coefficient (Wildman–Crippen LogP) is 12.9. The first-order valence-electron chi connectivity index (χ1n) is 20.5. The van der Waals surface area contributed by atoms with Gasteiger partial charge in [-0.15, -0.1) is 26.3 Å². The number of allylic oxidation sites excluding steroid dienone is 17. The molecule has 0 heterocycles. The molecule has 8 unspecified atom stereocenters. The van der Waals surface area contributed by atoms with Gasteiger partial charge in [0.15, 0.2) is 0 Å². The van der Waals surface area contributed by atoms with E-state index >= 15 is 0 Å². The van der Waals surface area contributed by atoms with Crippen LogP contribution >= 0.6 is 0 Å². The second-order valence-corrected chi connectivity index (χ2v) is 16.2. The van der Waals surface area contributed by atoms with E-state index in [-0.39, 0.29) is 12.1 Å². The summed E-state index contributed by atoms with van der Waals surface area (Å²) >= 11 is 0. The van der Waals surface area contributed by atoms with Crippen LogP contribution in [-0.4, -0.2) is 21.9 Å². The van der Waals surface area contributed by atoms with Crippen molar-refractivity contribution in [3.8, 4) is 0 Å². The summed E-state index contributed by atoms with van der Waals surface area (Å²) in [5.41, 5.74) is 8.67. The SMILES string of the molecule is C=CCC/C=C/N(C1=CC=C(N(C2=C3C=CCC4CCC(CC=C)C(C=C2)C34)C(C=C)CC=C)CC1)C1CC2=CC(CC=C2)CCC2C=C1C=CC2. The largest absolute Gasteiger partial charge is 0.344 e. The van der Waals surface area contributed by atoms with E-state index in [1.54, 1.807) is 0 Å². The van der Waals surface area contributed by atoms with Gasteiger partial charge in [0.2, 0.25) is 0 Å². The Balaban J connectivity index is 1.26. The molecule has 7 aliphatic rings. The molecule has 4 bridgehead atoms. The van der Waals surface area contributed by atoms with Gasteiger partial charge in [-0.2, -0.15) is 0 Å². The van der Waals surface area contributed by atoms with Gasteiger partial charge in [-0.1, -0.05) is 85.1 Å². The molecule has 1 saturated carbocycles. The van der Waals surface area contributed by atoms with E-state index in [1.807, 2.05) is 6.08 Å².